The Labute approximate surface area is 132 Å². The van der Waals surface area contributed by atoms with Crippen molar-refractivity contribution < 1.29 is 14.0 Å². The number of hydrogen-bond acceptors (Lipinski definition) is 3. The fourth-order valence-electron chi connectivity index (χ4n) is 1.85. The quantitative estimate of drug-likeness (QED) is 0.887. The molecule has 0 unspecified atom stereocenters. The van der Waals surface area contributed by atoms with E-state index < -0.39 is 5.82 Å². The van der Waals surface area contributed by atoms with Crippen LogP contribution in [0.3, 0.4) is 0 Å². The van der Waals surface area contributed by atoms with E-state index in [2.05, 4.69) is 10.3 Å². The van der Waals surface area contributed by atoms with E-state index >= 15 is 0 Å². The van der Waals surface area contributed by atoms with Gasteiger partial charge >= 0.3 is 0 Å². The van der Waals surface area contributed by atoms with Gasteiger partial charge in [0.05, 0.1) is 5.02 Å². The van der Waals surface area contributed by atoms with Gasteiger partial charge in [0.2, 0.25) is 5.91 Å². The number of aromatic nitrogens is 1. The zero-order chi connectivity index (χ0) is 15.9. The molecule has 114 valence electrons. The Morgan fingerprint density at radius 2 is 1.91 bits per heavy atom. The van der Waals surface area contributed by atoms with Crippen LogP contribution in [0.15, 0.2) is 42.6 Å². The van der Waals surface area contributed by atoms with Gasteiger partial charge < -0.3 is 5.32 Å². The lowest BCUT2D eigenvalue weighted by molar-refractivity contribution is -0.122. The molecule has 2 aromatic rings. The maximum atomic E-state index is 13.4. The van der Waals surface area contributed by atoms with E-state index in [0.717, 1.165) is 0 Å². The monoisotopic (exact) mass is 320 g/mol. The molecule has 6 heteroatoms. The maximum Gasteiger partial charge on any atom is 0.225 e. The van der Waals surface area contributed by atoms with Gasteiger partial charge in [0, 0.05) is 25.5 Å². The smallest absolute Gasteiger partial charge is 0.225 e. The van der Waals surface area contributed by atoms with Gasteiger partial charge in [-0.25, -0.2) is 9.37 Å². The van der Waals surface area contributed by atoms with Crippen molar-refractivity contribution in [3.63, 3.8) is 0 Å². The summed E-state index contributed by atoms with van der Waals surface area (Å²) in [6, 6.07) is 9.28. The maximum absolute atomic E-state index is 13.4. The number of nitrogens with zero attached hydrogens (tertiary/aromatic N) is 1. The molecule has 0 aliphatic rings. The van der Waals surface area contributed by atoms with Crippen molar-refractivity contribution in [3.05, 3.63) is 59.0 Å². The van der Waals surface area contributed by atoms with Crippen molar-refractivity contribution in [1.82, 2.24) is 4.98 Å². The second kappa shape index (κ2) is 7.66. The van der Waals surface area contributed by atoms with E-state index in [1.807, 2.05) is 0 Å². The van der Waals surface area contributed by atoms with E-state index in [9.17, 15) is 14.0 Å². The third-order valence-corrected chi connectivity index (χ3v) is 3.19. The number of carbonyl (C=O) groups excluding carboxylic acids is 2. The molecule has 0 saturated heterocycles. The minimum Gasteiger partial charge on any atom is -0.311 e. The van der Waals surface area contributed by atoms with Gasteiger partial charge in [0.25, 0.3) is 0 Å². The molecule has 1 amide bonds. The fraction of sp³-hybridized carbons (Fsp3) is 0.188. The van der Waals surface area contributed by atoms with Gasteiger partial charge in [-0.1, -0.05) is 29.8 Å². The number of Topliss-reactive ketones (excluding diaryl/α,β-unsaturated/α-hetero) is 1. The molecule has 0 radical (unpaired) electrons. The zero-order valence-corrected chi connectivity index (χ0v) is 12.4. The Morgan fingerprint density at radius 1 is 1.14 bits per heavy atom. The highest BCUT2D eigenvalue weighted by atomic mass is 35.5. The highest BCUT2D eigenvalue weighted by Gasteiger charge is 2.11. The van der Waals surface area contributed by atoms with E-state index in [-0.39, 0.29) is 31.0 Å². The van der Waals surface area contributed by atoms with Crippen molar-refractivity contribution in [2.75, 3.05) is 5.32 Å². The number of ketones is 1. The summed E-state index contributed by atoms with van der Waals surface area (Å²) in [5.41, 5.74) is 0.340. The van der Waals surface area contributed by atoms with E-state index in [0.29, 0.717) is 16.4 Å². The van der Waals surface area contributed by atoms with E-state index in [4.69, 9.17) is 11.6 Å². The summed E-state index contributed by atoms with van der Waals surface area (Å²) in [7, 11) is 0. The zero-order valence-electron chi connectivity index (χ0n) is 11.7. The minimum absolute atomic E-state index is 0.0147. The molecule has 0 saturated carbocycles. The van der Waals surface area contributed by atoms with Gasteiger partial charge in [-0.15, -0.1) is 0 Å². The molecule has 1 aromatic carbocycles. The molecule has 4 nitrogen and oxygen atoms in total. The Hall–Kier alpha value is -2.27. The van der Waals surface area contributed by atoms with Crippen LogP contribution in [-0.2, 0) is 16.0 Å². The number of hydrogen-bond donors (Lipinski definition) is 1. The molecule has 0 spiro atoms. The van der Waals surface area contributed by atoms with Crippen molar-refractivity contribution in [3.8, 4) is 0 Å². The lowest BCUT2D eigenvalue weighted by Crippen LogP contribution is -2.15. The first kappa shape index (κ1) is 16.1. The van der Waals surface area contributed by atoms with Gasteiger partial charge in [0.1, 0.15) is 17.4 Å². The molecule has 0 bridgehead atoms. The SMILES string of the molecule is O=C(CCC(=O)Nc1ccc(Cl)cn1)Cc1ccccc1F. The summed E-state index contributed by atoms with van der Waals surface area (Å²) in [5, 5.41) is 3.04. The van der Waals surface area contributed by atoms with Crippen LogP contribution in [0.1, 0.15) is 18.4 Å². The van der Waals surface area contributed by atoms with E-state index in [1.54, 1.807) is 30.3 Å². The van der Waals surface area contributed by atoms with Gasteiger partial charge in [-0.05, 0) is 23.8 Å². The van der Waals surface area contributed by atoms with Crippen LogP contribution in [-0.4, -0.2) is 16.7 Å². The summed E-state index contributed by atoms with van der Waals surface area (Å²) >= 11 is 5.69. The molecule has 0 fully saturated rings. The highest BCUT2D eigenvalue weighted by Crippen LogP contribution is 2.11. The van der Waals surface area contributed by atoms with Crippen LogP contribution in [0, 0.1) is 5.82 Å². The third-order valence-electron chi connectivity index (χ3n) is 2.97. The Balaban J connectivity index is 1.79. The summed E-state index contributed by atoms with van der Waals surface area (Å²) in [5.74, 6) is -0.553. The molecule has 0 aliphatic heterocycles. The second-order valence-corrected chi connectivity index (χ2v) is 5.15. The van der Waals surface area contributed by atoms with Crippen LogP contribution in [0.2, 0.25) is 5.02 Å². The number of benzene rings is 1. The average molecular weight is 321 g/mol. The summed E-state index contributed by atoms with van der Waals surface area (Å²) in [4.78, 5) is 27.4. The number of halogens is 2. The molecule has 22 heavy (non-hydrogen) atoms. The van der Waals surface area contributed by atoms with Gasteiger partial charge in [-0.2, -0.15) is 0 Å². The van der Waals surface area contributed by atoms with Crippen LogP contribution >= 0.6 is 11.6 Å². The lowest BCUT2D eigenvalue weighted by Gasteiger charge is -2.05. The van der Waals surface area contributed by atoms with Crippen LogP contribution in [0.4, 0.5) is 10.2 Å². The Kier molecular flexibility index (Phi) is 5.61. The van der Waals surface area contributed by atoms with Crippen LogP contribution < -0.4 is 5.32 Å². The van der Waals surface area contributed by atoms with Gasteiger partial charge in [0.15, 0.2) is 0 Å². The fourth-order valence-corrected chi connectivity index (χ4v) is 1.96. The molecule has 1 aromatic heterocycles. The standard InChI is InChI=1S/C16H14ClFN2O2/c17-12-5-7-15(19-10-12)20-16(22)8-6-13(21)9-11-3-1-2-4-14(11)18/h1-5,7,10H,6,8-9H2,(H,19,20,22). The van der Waals surface area contributed by atoms with Crippen molar-refractivity contribution in [2.45, 2.75) is 19.3 Å². The van der Waals surface area contributed by atoms with Crippen molar-refractivity contribution >= 4 is 29.1 Å². The third kappa shape index (κ3) is 4.93. The first-order chi connectivity index (χ1) is 10.5. The lowest BCUT2D eigenvalue weighted by atomic mass is 10.1. The number of anilines is 1. The minimum atomic E-state index is -0.411. The predicted octanol–water partition coefficient (Wildman–Crippen LogP) is 3.40. The van der Waals surface area contributed by atoms with Gasteiger partial charge in [-0.3, -0.25) is 9.59 Å². The normalized spacial score (nSPS) is 10.3. The first-order valence-corrected chi connectivity index (χ1v) is 7.09. The highest BCUT2D eigenvalue weighted by molar-refractivity contribution is 6.30. The van der Waals surface area contributed by atoms with Crippen LogP contribution in [0.5, 0.6) is 0 Å². The van der Waals surface area contributed by atoms with Crippen molar-refractivity contribution in [2.24, 2.45) is 0 Å². The second-order valence-electron chi connectivity index (χ2n) is 4.72. The molecular formula is C16H14ClFN2O2. The largest absolute Gasteiger partial charge is 0.311 e. The molecular weight excluding hydrogens is 307 g/mol. The summed E-state index contributed by atoms with van der Waals surface area (Å²) < 4.78 is 13.4. The van der Waals surface area contributed by atoms with E-state index in [1.165, 1.54) is 12.3 Å². The summed E-state index contributed by atoms with van der Waals surface area (Å²) in [6.07, 6.45) is 1.48. The topological polar surface area (TPSA) is 59.1 Å². The number of pyridine rings is 1. The average Bonchev–Trinajstić information content (AvgIpc) is 2.50. The Bertz CT molecular complexity index is 674. The molecule has 0 atom stereocenters. The van der Waals surface area contributed by atoms with Crippen molar-refractivity contribution in [1.29, 1.82) is 0 Å². The predicted molar refractivity (Wildman–Crippen MR) is 82.2 cm³/mol. The molecule has 1 heterocycles. The molecule has 0 aliphatic carbocycles. The molecule has 1 N–H and O–H groups in total. The number of nitrogens with one attached hydrogen (secondary N) is 1. The molecule has 2 rings (SSSR count). The Morgan fingerprint density at radius 3 is 2.59 bits per heavy atom. The number of rotatable bonds is 6. The first-order valence-electron chi connectivity index (χ1n) is 6.71. The number of carbonyl (C=O) groups is 2. The summed E-state index contributed by atoms with van der Waals surface area (Å²) in [6.45, 7) is 0. The number of amides is 1. The van der Waals surface area contributed by atoms with Crippen LogP contribution in [0.25, 0.3) is 0 Å².